The fourth-order valence-electron chi connectivity index (χ4n) is 3.34. The molecule has 0 aliphatic heterocycles. The van der Waals surface area contributed by atoms with E-state index >= 15 is 0 Å². The minimum Gasteiger partial charge on any atom is -0.294 e. The van der Waals surface area contributed by atoms with Gasteiger partial charge in [-0.25, -0.2) is 0 Å². The van der Waals surface area contributed by atoms with Crippen LogP contribution < -0.4 is 0 Å². The lowest BCUT2D eigenvalue weighted by Gasteiger charge is -2.21. The van der Waals surface area contributed by atoms with E-state index in [0.717, 1.165) is 35.0 Å². The normalized spacial score (nSPS) is 14.6. The number of hydrogen-bond donors (Lipinski definition) is 0. The summed E-state index contributed by atoms with van der Waals surface area (Å²) in [7, 11) is 0. The number of nitrogens with zero attached hydrogens (tertiary/aromatic N) is 1. The Morgan fingerprint density at radius 1 is 1.20 bits per heavy atom. The van der Waals surface area contributed by atoms with Crippen LogP contribution in [-0.4, -0.2) is 10.8 Å². The van der Waals surface area contributed by atoms with Crippen molar-refractivity contribution in [2.45, 2.75) is 52.4 Å². The van der Waals surface area contributed by atoms with Crippen molar-refractivity contribution in [2.75, 3.05) is 0 Å². The van der Waals surface area contributed by atoms with Crippen molar-refractivity contribution in [2.24, 2.45) is 0 Å². The van der Waals surface area contributed by atoms with Crippen molar-refractivity contribution in [3.05, 3.63) is 40.6 Å². The molecule has 0 saturated carbocycles. The molecule has 1 aliphatic carbocycles. The topological polar surface area (TPSA) is 30.0 Å². The number of aromatic nitrogens is 1. The Hall–Kier alpha value is -1.70. The highest BCUT2D eigenvalue weighted by Gasteiger charge is 2.21. The Bertz CT molecular complexity index is 685. The van der Waals surface area contributed by atoms with Crippen LogP contribution in [0, 0.1) is 0 Å². The molecule has 0 amide bonds. The average Bonchev–Trinajstić information content (AvgIpc) is 2.43. The Balaban J connectivity index is 2.41. The third kappa shape index (κ3) is 2.04. The third-order valence-electron chi connectivity index (χ3n) is 4.30. The van der Waals surface area contributed by atoms with Gasteiger partial charge in [0.15, 0.2) is 5.78 Å². The van der Waals surface area contributed by atoms with E-state index in [-0.39, 0.29) is 5.78 Å². The molecule has 2 nitrogen and oxygen atoms in total. The van der Waals surface area contributed by atoms with Gasteiger partial charge in [-0.1, -0.05) is 32.0 Å². The quantitative estimate of drug-likeness (QED) is 0.753. The molecule has 0 atom stereocenters. The number of hydrogen-bond acceptors (Lipinski definition) is 2. The van der Waals surface area contributed by atoms with Gasteiger partial charge in [-0.3, -0.25) is 9.78 Å². The summed E-state index contributed by atoms with van der Waals surface area (Å²) in [5.74, 6) is 0.601. The smallest absolute Gasteiger partial charge is 0.160 e. The van der Waals surface area contributed by atoms with Crippen LogP contribution in [0.15, 0.2) is 18.2 Å². The number of benzene rings is 1. The van der Waals surface area contributed by atoms with Gasteiger partial charge in [0.2, 0.25) is 0 Å². The Kier molecular flexibility index (Phi) is 3.33. The van der Waals surface area contributed by atoms with Gasteiger partial charge in [0.05, 0.1) is 5.52 Å². The number of carbonyl (C=O) groups excluding carboxylic acids is 1. The molecule has 0 unspecified atom stereocenters. The van der Waals surface area contributed by atoms with Gasteiger partial charge < -0.3 is 0 Å². The van der Waals surface area contributed by atoms with E-state index in [1.807, 2.05) is 0 Å². The van der Waals surface area contributed by atoms with Crippen LogP contribution in [0.5, 0.6) is 0 Å². The van der Waals surface area contributed by atoms with Crippen molar-refractivity contribution in [1.29, 1.82) is 0 Å². The second kappa shape index (κ2) is 5.01. The lowest BCUT2D eigenvalue weighted by atomic mass is 9.87. The first-order valence-corrected chi connectivity index (χ1v) is 7.55. The second-order valence-electron chi connectivity index (χ2n) is 6.07. The molecule has 0 radical (unpaired) electrons. The van der Waals surface area contributed by atoms with Crippen molar-refractivity contribution in [3.63, 3.8) is 0 Å². The summed E-state index contributed by atoms with van der Waals surface area (Å²) in [6.07, 6.45) is 4.37. The average molecular weight is 267 g/mol. The number of pyridine rings is 1. The van der Waals surface area contributed by atoms with Crippen molar-refractivity contribution < 1.29 is 4.79 Å². The van der Waals surface area contributed by atoms with Gasteiger partial charge in [-0.2, -0.15) is 0 Å². The number of para-hydroxylation sites is 1. The maximum absolute atomic E-state index is 12.2. The van der Waals surface area contributed by atoms with Crippen molar-refractivity contribution in [3.8, 4) is 0 Å². The monoisotopic (exact) mass is 267 g/mol. The highest BCUT2D eigenvalue weighted by atomic mass is 16.1. The van der Waals surface area contributed by atoms with E-state index in [4.69, 9.17) is 4.98 Å². The molecule has 0 spiro atoms. The maximum atomic E-state index is 12.2. The summed E-state index contributed by atoms with van der Waals surface area (Å²) in [5.41, 5.74) is 5.57. The first-order valence-electron chi connectivity index (χ1n) is 7.55. The fraction of sp³-hybridized carbons (Fsp3) is 0.444. The summed E-state index contributed by atoms with van der Waals surface area (Å²) in [4.78, 5) is 17.1. The van der Waals surface area contributed by atoms with E-state index in [2.05, 4.69) is 32.0 Å². The van der Waals surface area contributed by atoms with E-state index in [1.165, 1.54) is 24.0 Å². The van der Waals surface area contributed by atoms with Gasteiger partial charge >= 0.3 is 0 Å². The summed E-state index contributed by atoms with van der Waals surface area (Å²) in [5, 5.41) is 1.05. The zero-order valence-electron chi connectivity index (χ0n) is 12.5. The number of ketones is 1. The molecule has 104 valence electrons. The zero-order chi connectivity index (χ0) is 14.3. The molecule has 2 aromatic rings. The van der Waals surface area contributed by atoms with Crippen molar-refractivity contribution in [1.82, 2.24) is 4.98 Å². The van der Waals surface area contributed by atoms with Crippen molar-refractivity contribution >= 4 is 16.7 Å². The molecule has 1 aromatic heterocycles. The van der Waals surface area contributed by atoms with Gasteiger partial charge in [0, 0.05) is 16.6 Å². The lowest BCUT2D eigenvalue weighted by Crippen LogP contribution is -2.13. The first kappa shape index (κ1) is 13.3. The second-order valence-corrected chi connectivity index (χ2v) is 6.07. The summed E-state index contributed by atoms with van der Waals surface area (Å²) in [6, 6.07) is 6.25. The SMILES string of the molecule is CC(=O)c1c2c(nc3c(C(C)C)cccc13)CCCC2. The Labute approximate surface area is 120 Å². The maximum Gasteiger partial charge on any atom is 0.160 e. The van der Waals surface area contributed by atoms with Gasteiger partial charge in [-0.05, 0) is 49.7 Å². The predicted molar refractivity (Wildman–Crippen MR) is 82.5 cm³/mol. The zero-order valence-corrected chi connectivity index (χ0v) is 12.5. The highest BCUT2D eigenvalue weighted by Crippen LogP contribution is 2.32. The molecule has 1 aromatic carbocycles. The molecule has 2 heteroatoms. The number of fused-ring (bicyclic) bond motifs is 2. The highest BCUT2D eigenvalue weighted by molar-refractivity contribution is 6.08. The van der Waals surface area contributed by atoms with E-state index < -0.39 is 0 Å². The van der Waals surface area contributed by atoms with E-state index in [1.54, 1.807) is 6.92 Å². The Morgan fingerprint density at radius 3 is 2.65 bits per heavy atom. The van der Waals surface area contributed by atoms with Crippen LogP contribution >= 0.6 is 0 Å². The molecule has 1 aliphatic rings. The number of aryl methyl sites for hydroxylation is 1. The standard InChI is InChI=1S/C18H21NO/c1-11(2)13-8-6-9-15-17(12(3)20)14-7-4-5-10-16(14)19-18(13)15/h6,8-9,11H,4-5,7,10H2,1-3H3. The fourth-order valence-corrected chi connectivity index (χ4v) is 3.34. The van der Waals surface area contributed by atoms with Crippen LogP contribution in [0.1, 0.15) is 66.7 Å². The third-order valence-corrected chi connectivity index (χ3v) is 4.30. The largest absolute Gasteiger partial charge is 0.294 e. The van der Waals surface area contributed by atoms with E-state index in [9.17, 15) is 4.79 Å². The molecule has 20 heavy (non-hydrogen) atoms. The Morgan fingerprint density at radius 2 is 1.95 bits per heavy atom. The van der Waals surface area contributed by atoms with Gasteiger partial charge in [0.25, 0.3) is 0 Å². The van der Waals surface area contributed by atoms with E-state index in [0.29, 0.717) is 5.92 Å². The predicted octanol–water partition coefficient (Wildman–Crippen LogP) is 4.44. The minimum absolute atomic E-state index is 0.177. The molecular weight excluding hydrogens is 246 g/mol. The molecule has 0 bridgehead atoms. The summed E-state index contributed by atoms with van der Waals surface area (Å²) < 4.78 is 0. The summed E-state index contributed by atoms with van der Waals surface area (Å²) >= 11 is 0. The molecule has 0 fully saturated rings. The van der Waals surface area contributed by atoms with Crippen LogP contribution in [0.25, 0.3) is 10.9 Å². The molecular formula is C18H21NO. The van der Waals surface area contributed by atoms with Crippen LogP contribution in [0.2, 0.25) is 0 Å². The lowest BCUT2D eigenvalue weighted by molar-refractivity contribution is 0.101. The molecule has 3 rings (SSSR count). The first-order chi connectivity index (χ1) is 9.59. The molecule has 0 saturated heterocycles. The van der Waals surface area contributed by atoms with Gasteiger partial charge in [-0.15, -0.1) is 0 Å². The number of rotatable bonds is 2. The molecule has 0 N–H and O–H groups in total. The van der Waals surface area contributed by atoms with Gasteiger partial charge in [0.1, 0.15) is 0 Å². The summed E-state index contributed by atoms with van der Waals surface area (Å²) in [6.45, 7) is 6.05. The number of Topliss-reactive ketones (excluding diaryl/α,β-unsaturated/α-hetero) is 1. The van der Waals surface area contributed by atoms with Crippen LogP contribution in [-0.2, 0) is 12.8 Å². The molecule has 1 heterocycles. The minimum atomic E-state index is 0.177. The number of carbonyl (C=O) groups is 1. The van der Waals surface area contributed by atoms with Crippen LogP contribution in [0.4, 0.5) is 0 Å². The van der Waals surface area contributed by atoms with Crippen LogP contribution in [0.3, 0.4) is 0 Å².